The van der Waals surface area contributed by atoms with Gasteiger partial charge in [0, 0.05) is 25.2 Å². The summed E-state index contributed by atoms with van der Waals surface area (Å²) in [5, 5.41) is 12.7. The van der Waals surface area contributed by atoms with Gasteiger partial charge in [0.25, 0.3) is 5.91 Å². The Morgan fingerprint density at radius 1 is 1.04 bits per heavy atom. The van der Waals surface area contributed by atoms with Gasteiger partial charge < -0.3 is 24.8 Å². The van der Waals surface area contributed by atoms with Gasteiger partial charge in [0.2, 0.25) is 0 Å². The molecule has 6 nitrogen and oxygen atoms in total. The molecule has 2 saturated heterocycles. The summed E-state index contributed by atoms with van der Waals surface area (Å²) in [6, 6.07) is 14.6. The second-order valence-electron chi connectivity index (χ2n) is 7.11. The summed E-state index contributed by atoms with van der Waals surface area (Å²) in [7, 11) is 0. The lowest BCUT2D eigenvalue weighted by Gasteiger charge is -2.41. The molecule has 0 saturated carbocycles. The van der Waals surface area contributed by atoms with Crippen molar-refractivity contribution < 1.29 is 19.4 Å². The van der Waals surface area contributed by atoms with Gasteiger partial charge in [-0.05, 0) is 35.4 Å². The lowest BCUT2D eigenvalue weighted by atomic mass is 10.0. The van der Waals surface area contributed by atoms with Gasteiger partial charge in [0.05, 0.1) is 26.4 Å². The van der Waals surface area contributed by atoms with E-state index in [9.17, 15) is 9.90 Å². The van der Waals surface area contributed by atoms with Crippen LogP contribution < -0.4 is 5.32 Å². The zero-order chi connectivity index (χ0) is 18.7. The van der Waals surface area contributed by atoms with Crippen molar-refractivity contribution >= 4 is 5.91 Å². The number of benzene rings is 2. The molecule has 2 aliphatic heterocycles. The molecule has 0 unspecified atom stereocenters. The highest BCUT2D eigenvalue weighted by atomic mass is 16.5. The molecule has 0 radical (unpaired) electrons. The standard InChI is InChI=1S/C21H24N2O4/c24-19-7-5-17(6-8-19)16-1-3-18(4-2-16)20(25)23-10-12-27-21(14-23)13-22-9-11-26-15-21/h1-8,22,24H,9-15H2/t21-/m1/s1. The summed E-state index contributed by atoms with van der Waals surface area (Å²) < 4.78 is 11.6. The predicted octanol–water partition coefficient (Wildman–Crippen LogP) is 1.89. The predicted molar refractivity (Wildman–Crippen MR) is 102 cm³/mol. The molecule has 2 heterocycles. The first-order chi connectivity index (χ1) is 13.2. The molecule has 0 aromatic heterocycles. The van der Waals surface area contributed by atoms with Crippen molar-refractivity contribution in [2.45, 2.75) is 5.60 Å². The maximum atomic E-state index is 13.0. The van der Waals surface area contributed by atoms with Gasteiger partial charge >= 0.3 is 0 Å². The van der Waals surface area contributed by atoms with Crippen LogP contribution in [-0.2, 0) is 9.47 Å². The van der Waals surface area contributed by atoms with E-state index in [0.717, 1.165) is 17.7 Å². The van der Waals surface area contributed by atoms with Crippen LogP contribution in [0.5, 0.6) is 5.75 Å². The Labute approximate surface area is 158 Å². The molecule has 2 fully saturated rings. The van der Waals surface area contributed by atoms with Crippen LogP contribution in [0.15, 0.2) is 48.5 Å². The third-order valence-corrected chi connectivity index (χ3v) is 5.10. The molecule has 4 rings (SSSR count). The van der Waals surface area contributed by atoms with E-state index in [4.69, 9.17) is 9.47 Å². The van der Waals surface area contributed by atoms with Crippen LogP contribution in [0.4, 0.5) is 0 Å². The molecule has 142 valence electrons. The third kappa shape index (κ3) is 3.98. The van der Waals surface area contributed by atoms with Crippen LogP contribution in [0.3, 0.4) is 0 Å². The Bertz CT molecular complexity index is 781. The van der Waals surface area contributed by atoms with Crippen LogP contribution in [0.2, 0.25) is 0 Å². The minimum Gasteiger partial charge on any atom is -0.508 e. The van der Waals surface area contributed by atoms with Crippen molar-refractivity contribution in [1.82, 2.24) is 10.2 Å². The summed E-state index contributed by atoms with van der Waals surface area (Å²) in [5.74, 6) is 0.253. The fourth-order valence-electron chi connectivity index (χ4n) is 3.62. The van der Waals surface area contributed by atoms with E-state index < -0.39 is 5.60 Å². The number of phenols is 1. The Morgan fingerprint density at radius 3 is 2.48 bits per heavy atom. The summed E-state index contributed by atoms with van der Waals surface area (Å²) in [6.07, 6.45) is 0. The van der Waals surface area contributed by atoms with Crippen molar-refractivity contribution in [2.24, 2.45) is 0 Å². The Morgan fingerprint density at radius 2 is 1.74 bits per heavy atom. The average Bonchev–Trinajstić information content (AvgIpc) is 2.93. The number of hydrogen-bond acceptors (Lipinski definition) is 5. The van der Waals surface area contributed by atoms with Crippen molar-refractivity contribution in [3.8, 4) is 16.9 Å². The molecule has 0 aliphatic carbocycles. The largest absolute Gasteiger partial charge is 0.508 e. The number of nitrogens with zero attached hydrogens (tertiary/aromatic N) is 1. The Balaban J connectivity index is 1.48. The Kier molecular flexibility index (Phi) is 5.11. The Hall–Kier alpha value is -2.41. The molecular weight excluding hydrogens is 344 g/mol. The van der Waals surface area contributed by atoms with E-state index in [2.05, 4.69) is 5.32 Å². The van der Waals surface area contributed by atoms with Gasteiger partial charge in [0.1, 0.15) is 11.4 Å². The number of aromatic hydroxyl groups is 1. The summed E-state index contributed by atoms with van der Waals surface area (Å²) >= 11 is 0. The molecule has 27 heavy (non-hydrogen) atoms. The number of morpholine rings is 1. The number of phenolic OH excluding ortho intramolecular Hbond substituents is 1. The van der Waals surface area contributed by atoms with Gasteiger partial charge in [-0.3, -0.25) is 4.79 Å². The fraction of sp³-hybridized carbons (Fsp3) is 0.381. The molecule has 6 heteroatoms. The van der Waals surface area contributed by atoms with E-state index in [0.29, 0.717) is 45.0 Å². The first kappa shape index (κ1) is 18.0. The fourth-order valence-corrected chi connectivity index (χ4v) is 3.62. The first-order valence-corrected chi connectivity index (χ1v) is 9.26. The smallest absolute Gasteiger partial charge is 0.254 e. The minimum atomic E-state index is -0.462. The van der Waals surface area contributed by atoms with Crippen molar-refractivity contribution in [3.05, 3.63) is 54.1 Å². The summed E-state index contributed by atoms with van der Waals surface area (Å²) in [6.45, 7) is 4.29. The number of carbonyl (C=O) groups is 1. The van der Waals surface area contributed by atoms with E-state index in [-0.39, 0.29) is 11.7 Å². The molecule has 1 atom stereocenters. The van der Waals surface area contributed by atoms with Crippen molar-refractivity contribution in [2.75, 3.05) is 46.0 Å². The minimum absolute atomic E-state index is 0.0131. The maximum absolute atomic E-state index is 13.0. The number of ether oxygens (including phenoxy) is 2. The van der Waals surface area contributed by atoms with E-state index in [1.165, 1.54) is 0 Å². The highest BCUT2D eigenvalue weighted by Gasteiger charge is 2.39. The van der Waals surface area contributed by atoms with Crippen molar-refractivity contribution in [1.29, 1.82) is 0 Å². The average molecular weight is 368 g/mol. The van der Waals surface area contributed by atoms with E-state index >= 15 is 0 Å². The third-order valence-electron chi connectivity index (χ3n) is 5.10. The van der Waals surface area contributed by atoms with Crippen molar-refractivity contribution in [3.63, 3.8) is 0 Å². The second kappa shape index (κ2) is 7.68. The van der Waals surface area contributed by atoms with E-state index in [1.54, 1.807) is 12.1 Å². The normalized spacial score (nSPS) is 23.2. The second-order valence-corrected chi connectivity index (χ2v) is 7.11. The van der Waals surface area contributed by atoms with Gasteiger partial charge in [-0.25, -0.2) is 0 Å². The summed E-state index contributed by atoms with van der Waals surface area (Å²) in [4.78, 5) is 14.8. The van der Waals surface area contributed by atoms with Crippen LogP contribution in [-0.4, -0.2) is 67.5 Å². The maximum Gasteiger partial charge on any atom is 0.254 e. The van der Waals surface area contributed by atoms with Gasteiger partial charge in [-0.1, -0.05) is 24.3 Å². The molecule has 1 spiro atoms. The summed E-state index contributed by atoms with van der Waals surface area (Å²) in [5.41, 5.74) is 2.21. The lowest BCUT2D eigenvalue weighted by Crippen LogP contribution is -2.59. The van der Waals surface area contributed by atoms with Gasteiger partial charge in [-0.2, -0.15) is 0 Å². The number of carbonyl (C=O) groups excluding carboxylic acids is 1. The molecule has 2 aromatic carbocycles. The van der Waals surface area contributed by atoms with Crippen LogP contribution >= 0.6 is 0 Å². The number of rotatable bonds is 2. The zero-order valence-electron chi connectivity index (χ0n) is 15.2. The van der Waals surface area contributed by atoms with Gasteiger partial charge in [0.15, 0.2) is 0 Å². The zero-order valence-corrected chi connectivity index (χ0v) is 15.2. The SMILES string of the molecule is O=C(c1ccc(-c2ccc(O)cc2)cc1)N1CCO[C@]2(CNCCOC2)C1. The number of amides is 1. The van der Waals surface area contributed by atoms with Crippen LogP contribution in [0, 0.1) is 0 Å². The highest BCUT2D eigenvalue weighted by molar-refractivity contribution is 5.94. The van der Waals surface area contributed by atoms with Crippen LogP contribution in [0.1, 0.15) is 10.4 Å². The molecule has 2 aliphatic rings. The quantitative estimate of drug-likeness (QED) is 0.847. The van der Waals surface area contributed by atoms with Gasteiger partial charge in [-0.15, -0.1) is 0 Å². The molecule has 2 N–H and O–H groups in total. The molecule has 2 aromatic rings. The van der Waals surface area contributed by atoms with Crippen LogP contribution in [0.25, 0.3) is 11.1 Å². The monoisotopic (exact) mass is 368 g/mol. The first-order valence-electron chi connectivity index (χ1n) is 9.26. The lowest BCUT2D eigenvalue weighted by molar-refractivity contribution is -0.125. The molecule has 0 bridgehead atoms. The van der Waals surface area contributed by atoms with E-state index in [1.807, 2.05) is 41.3 Å². The highest BCUT2D eigenvalue weighted by Crippen LogP contribution is 2.24. The molecular formula is C21H24N2O4. The number of hydrogen-bond donors (Lipinski definition) is 2. The molecule has 1 amide bonds. The number of nitrogens with one attached hydrogen (secondary N) is 1. The topological polar surface area (TPSA) is 71.0 Å².